The van der Waals surface area contributed by atoms with Gasteiger partial charge in [-0.25, -0.2) is 19.2 Å². The van der Waals surface area contributed by atoms with Crippen LogP contribution in [0.5, 0.6) is 0 Å². The third-order valence-corrected chi connectivity index (χ3v) is 3.84. The molecule has 3 aromatic rings. The molecule has 0 aliphatic carbocycles. The molecule has 3 rings (SSSR count). The van der Waals surface area contributed by atoms with Crippen molar-refractivity contribution in [3.63, 3.8) is 0 Å². The fraction of sp³-hybridized carbons (Fsp3) is 0.143. The largest absolute Gasteiger partial charge is 0.462 e. The molecule has 0 radical (unpaired) electrons. The molecule has 0 saturated heterocycles. The molecule has 0 unspecified atom stereocenters. The lowest BCUT2D eigenvalue weighted by Gasteiger charge is -2.11. The minimum absolute atomic E-state index is 0.0927. The third-order valence-electron chi connectivity index (χ3n) is 3.84. The van der Waals surface area contributed by atoms with Gasteiger partial charge in [-0.3, -0.25) is 4.79 Å². The van der Waals surface area contributed by atoms with E-state index in [0.717, 1.165) is 0 Å². The first-order valence-electron chi connectivity index (χ1n) is 8.92. The number of aryl methyl sites for hydroxylation is 1. The van der Waals surface area contributed by atoms with Crippen molar-refractivity contribution in [2.45, 2.75) is 13.8 Å². The Morgan fingerprint density at radius 1 is 1.07 bits per heavy atom. The Labute approximate surface area is 167 Å². The van der Waals surface area contributed by atoms with E-state index >= 15 is 0 Å². The van der Waals surface area contributed by atoms with Gasteiger partial charge < -0.3 is 15.4 Å². The van der Waals surface area contributed by atoms with Crippen molar-refractivity contribution < 1.29 is 18.7 Å². The minimum atomic E-state index is -0.532. The molecule has 0 aliphatic heterocycles. The molecule has 0 spiro atoms. The molecule has 2 aromatic carbocycles. The van der Waals surface area contributed by atoms with Crippen LogP contribution < -0.4 is 10.6 Å². The van der Waals surface area contributed by atoms with Crippen LogP contribution in [-0.4, -0.2) is 28.5 Å². The van der Waals surface area contributed by atoms with Gasteiger partial charge in [0, 0.05) is 11.8 Å². The summed E-state index contributed by atoms with van der Waals surface area (Å²) in [5.74, 6) is -0.748. The molecule has 0 fully saturated rings. The highest BCUT2D eigenvalue weighted by Gasteiger charge is 2.16. The summed E-state index contributed by atoms with van der Waals surface area (Å²) in [6.45, 7) is 3.57. The summed E-state index contributed by atoms with van der Waals surface area (Å²) in [5, 5.41) is 5.62. The van der Waals surface area contributed by atoms with E-state index < -0.39 is 17.7 Å². The highest BCUT2D eigenvalue weighted by molar-refractivity contribution is 6.07. The molecule has 0 atom stereocenters. The highest BCUT2D eigenvalue weighted by Crippen LogP contribution is 2.19. The molecule has 2 N–H and O–H groups in total. The summed E-state index contributed by atoms with van der Waals surface area (Å²) in [6.07, 6.45) is 0. The number of nitrogens with one attached hydrogen (secondary N) is 2. The van der Waals surface area contributed by atoms with Gasteiger partial charge >= 0.3 is 5.97 Å². The van der Waals surface area contributed by atoms with E-state index in [4.69, 9.17) is 4.74 Å². The summed E-state index contributed by atoms with van der Waals surface area (Å²) in [7, 11) is 0. The highest BCUT2D eigenvalue weighted by atomic mass is 19.1. The fourth-order valence-electron chi connectivity index (χ4n) is 2.63. The molecule has 0 bridgehead atoms. The van der Waals surface area contributed by atoms with Gasteiger partial charge in [0.1, 0.15) is 23.2 Å². The normalized spacial score (nSPS) is 10.3. The van der Waals surface area contributed by atoms with Gasteiger partial charge in [0.15, 0.2) is 0 Å². The number of amides is 1. The predicted octanol–water partition coefficient (Wildman–Crippen LogP) is 4.10. The molecule has 1 aromatic heterocycles. The van der Waals surface area contributed by atoms with Crippen molar-refractivity contribution in [3.8, 4) is 0 Å². The lowest BCUT2D eigenvalue weighted by atomic mass is 10.1. The van der Waals surface area contributed by atoms with Crippen molar-refractivity contribution in [1.82, 2.24) is 9.97 Å². The average Bonchev–Trinajstić information content (AvgIpc) is 2.68. The van der Waals surface area contributed by atoms with Gasteiger partial charge in [-0.05, 0) is 44.2 Å². The van der Waals surface area contributed by atoms with Crippen molar-refractivity contribution >= 4 is 29.1 Å². The van der Waals surface area contributed by atoms with Gasteiger partial charge in [0.2, 0.25) is 0 Å². The number of carbonyl (C=O) groups is 2. The molecule has 1 amide bonds. The number of carbonyl (C=O) groups excluding carboxylic acids is 2. The maximum atomic E-state index is 13.4. The Bertz CT molecular complexity index is 1060. The Balaban J connectivity index is 1.83. The van der Waals surface area contributed by atoms with E-state index in [0.29, 0.717) is 23.0 Å². The predicted molar refractivity (Wildman–Crippen MR) is 107 cm³/mol. The zero-order valence-electron chi connectivity index (χ0n) is 15.9. The monoisotopic (exact) mass is 394 g/mol. The maximum Gasteiger partial charge on any atom is 0.340 e. The first-order valence-corrected chi connectivity index (χ1v) is 8.92. The van der Waals surface area contributed by atoms with E-state index in [9.17, 15) is 14.0 Å². The first-order chi connectivity index (χ1) is 14.0. The number of benzene rings is 2. The van der Waals surface area contributed by atoms with Crippen LogP contribution in [0.25, 0.3) is 0 Å². The lowest BCUT2D eigenvalue weighted by molar-refractivity contribution is 0.0527. The van der Waals surface area contributed by atoms with Gasteiger partial charge in [-0.1, -0.05) is 18.2 Å². The number of nitrogens with zero attached hydrogens (tertiary/aromatic N) is 2. The maximum absolute atomic E-state index is 13.4. The van der Waals surface area contributed by atoms with Gasteiger partial charge in [0.25, 0.3) is 5.91 Å². The van der Waals surface area contributed by atoms with E-state index in [1.165, 1.54) is 18.2 Å². The van der Waals surface area contributed by atoms with Crippen LogP contribution in [-0.2, 0) is 4.74 Å². The van der Waals surface area contributed by atoms with Crippen LogP contribution in [0.1, 0.15) is 33.6 Å². The van der Waals surface area contributed by atoms with E-state index in [1.54, 1.807) is 50.2 Å². The number of para-hydroxylation sites is 1. The quantitative estimate of drug-likeness (QED) is 0.612. The molecule has 7 nitrogen and oxygen atoms in total. The number of hydrogen-bond acceptors (Lipinski definition) is 6. The van der Waals surface area contributed by atoms with Crippen molar-refractivity contribution in [2.75, 3.05) is 17.2 Å². The number of ether oxygens (including phenoxy) is 1. The lowest BCUT2D eigenvalue weighted by Crippen LogP contribution is -2.18. The Kier molecular flexibility index (Phi) is 6.13. The SMILES string of the molecule is CCOC(=O)c1ccccc1NC(=O)c1cc(Nc2cccc(F)c2)nc(C)n1. The van der Waals surface area contributed by atoms with Gasteiger partial charge in [-0.15, -0.1) is 0 Å². The Morgan fingerprint density at radius 2 is 1.86 bits per heavy atom. The number of rotatable bonds is 6. The summed E-state index contributed by atoms with van der Waals surface area (Å²) in [5.41, 5.74) is 1.13. The second kappa shape index (κ2) is 8.92. The smallest absolute Gasteiger partial charge is 0.340 e. The minimum Gasteiger partial charge on any atom is -0.462 e. The fourth-order valence-corrected chi connectivity index (χ4v) is 2.63. The van der Waals surface area contributed by atoms with Gasteiger partial charge in [-0.2, -0.15) is 0 Å². The molecule has 0 aliphatic rings. The van der Waals surface area contributed by atoms with Crippen LogP contribution in [0.15, 0.2) is 54.6 Å². The molecule has 1 heterocycles. The van der Waals surface area contributed by atoms with Crippen molar-refractivity contribution in [3.05, 3.63) is 77.5 Å². The van der Waals surface area contributed by atoms with E-state index in [1.807, 2.05) is 0 Å². The molecular weight excluding hydrogens is 375 g/mol. The average molecular weight is 394 g/mol. The van der Waals surface area contributed by atoms with Crippen LogP contribution in [0, 0.1) is 12.7 Å². The summed E-state index contributed by atoms with van der Waals surface area (Å²) >= 11 is 0. The third kappa shape index (κ3) is 5.13. The van der Waals surface area contributed by atoms with Crippen molar-refractivity contribution in [1.29, 1.82) is 0 Å². The van der Waals surface area contributed by atoms with Crippen LogP contribution in [0.4, 0.5) is 21.6 Å². The molecule has 0 saturated carbocycles. The van der Waals surface area contributed by atoms with Crippen LogP contribution in [0.3, 0.4) is 0 Å². The topological polar surface area (TPSA) is 93.2 Å². The van der Waals surface area contributed by atoms with E-state index in [-0.39, 0.29) is 17.9 Å². The number of anilines is 3. The standard InChI is InChI=1S/C21H19FN4O3/c1-3-29-21(28)16-9-4-5-10-17(16)26-20(27)18-12-19(24-13(2)23-18)25-15-8-6-7-14(22)11-15/h4-12H,3H2,1-2H3,(H,26,27)(H,23,24,25). The molecule has 148 valence electrons. The van der Waals surface area contributed by atoms with Crippen LogP contribution >= 0.6 is 0 Å². The molecule has 29 heavy (non-hydrogen) atoms. The number of halogens is 1. The number of esters is 1. The number of hydrogen-bond donors (Lipinski definition) is 2. The summed E-state index contributed by atoms with van der Waals surface area (Å²) in [4.78, 5) is 33.2. The second-order valence-corrected chi connectivity index (χ2v) is 6.04. The number of aromatic nitrogens is 2. The summed E-state index contributed by atoms with van der Waals surface area (Å²) < 4.78 is 18.4. The van der Waals surface area contributed by atoms with Gasteiger partial charge in [0.05, 0.1) is 17.9 Å². The zero-order valence-corrected chi connectivity index (χ0v) is 15.9. The summed E-state index contributed by atoms with van der Waals surface area (Å²) in [6, 6.07) is 13.9. The Morgan fingerprint density at radius 3 is 2.62 bits per heavy atom. The second-order valence-electron chi connectivity index (χ2n) is 6.04. The van der Waals surface area contributed by atoms with Crippen molar-refractivity contribution in [2.24, 2.45) is 0 Å². The van der Waals surface area contributed by atoms with E-state index in [2.05, 4.69) is 20.6 Å². The molecule has 8 heteroatoms. The zero-order chi connectivity index (χ0) is 20.8. The van der Waals surface area contributed by atoms with Crippen LogP contribution in [0.2, 0.25) is 0 Å². The molecular formula is C21H19FN4O3. The first kappa shape index (κ1) is 19.9. The Hall–Kier alpha value is -3.81.